The molecule has 2 saturated heterocycles. The molecule has 4 fully saturated rings. The fraction of sp³-hybridized carbons (Fsp3) is 0.760. The number of rotatable bonds is 4. The number of hydrogen-bond acceptors (Lipinski definition) is 7. The Labute approximate surface area is 195 Å². The second-order valence-electron chi connectivity index (χ2n) is 10.9. The minimum atomic E-state index is -0.992. The maximum absolute atomic E-state index is 12.9. The zero-order valence-electron chi connectivity index (χ0n) is 19.9. The maximum atomic E-state index is 12.9. The first-order valence-corrected chi connectivity index (χ1v) is 12.2. The van der Waals surface area contributed by atoms with Crippen molar-refractivity contribution in [2.75, 3.05) is 39.8 Å². The van der Waals surface area contributed by atoms with Crippen LogP contribution in [0.1, 0.15) is 56.5 Å². The number of methoxy groups -OCH3 is 1. The van der Waals surface area contributed by atoms with E-state index in [4.69, 9.17) is 13.9 Å². The van der Waals surface area contributed by atoms with Crippen molar-refractivity contribution in [2.24, 2.45) is 17.3 Å². The van der Waals surface area contributed by atoms with E-state index in [1.165, 1.54) is 6.26 Å². The molecular formula is C25H36N2O6. The van der Waals surface area contributed by atoms with Gasteiger partial charge in [-0.05, 0) is 51.2 Å². The SMILES string of the molecule is CO[C@]1(C)CCC[C@]2(C)C[C@H]3OC(=O)[C@@H](CN4CCN(C(=O)c5ccco5)CC4)[C@@H]3C[C@@]21O. The summed E-state index contributed by atoms with van der Waals surface area (Å²) in [6.45, 7) is 7.34. The first-order valence-electron chi connectivity index (χ1n) is 12.2. The van der Waals surface area contributed by atoms with Crippen LogP contribution in [-0.4, -0.2) is 83.9 Å². The van der Waals surface area contributed by atoms with Gasteiger partial charge in [-0.15, -0.1) is 0 Å². The highest BCUT2D eigenvalue weighted by atomic mass is 16.6. The second kappa shape index (κ2) is 8.10. The number of fused-ring (bicyclic) bond motifs is 2. The lowest BCUT2D eigenvalue weighted by atomic mass is 9.49. The van der Waals surface area contributed by atoms with Crippen LogP contribution in [-0.2, 0) is 14.3 Å². The molecule has 1 aromatic heterocycles. The van der Waals surface area contributed by atoms with Crippen LogP contribution >= 0.6 is 0 Å². The number of nitrogens with zero attached hydrogens (tertiary/aromatic N) is 2. The predicted octanol–water partition coefficient (Wildman–Crippen LogP) is 2.32. The van der Waals surface area contributed by atoms with Gasteiger partial charge in [0.15, 0.2) is 5.76 Å². The molecule has 1 N–H and O–H groups in total. The highest BCUT2D eigenvalue weighted by Crippen LogP contribution is 2.61. The van der Waals surface area contributed by atoms with Crippen molar-refractivity contribution in [1.29, 1.82) is 0 Å². The first kappa shape index (κ1) is 22.9. The Hall–Kier alpha value is -1.90. The molecule has 2 aliphatic heterocycles. The molecule has 3 heterocycles. The molecule has 5 rings (SSSR count). The van der Waals surface area contributed by atoms with Crippen molar-refractivity contribution in [1.82, 2.24) is 9.80 Å². The second-order valence-corrected chi connectivity index (χ2v) is 10.9. The summed E-state index contributed by atoms with van der Waals surface area (Å²) < 4.78 is 17.0. The first-order chi connectivity index (χ1) is 15.7. The van der Waals surface area contributed by atoms with Crippen molar-refractivity contribution < 1.29 is 28.6 Å². The van der Waals surface area contributed by atoms with Crippen molar-refractivity contribution in [3.05, 3.63) is 24.2 Å². The fourth-order valence-corrected chi connectivity index (χ4v) is 7.06. The molecule has 0 spiro atoms. The van der Waals surface area contributed by atoms with E-state index < -0.39 is 11.2 Å². The van der Waals surface area contributed by atoms with E-state index in [0.29, 0.717) is 51.3 Å². The summed E-state index contributed by atoms with van der Waals surface area (Å²) >= 11 is 0. The topological polar surface area (TPSA) is 92.5 Å². The van der Waals surface area contributed by atoms with E-state index in [1.807, 2.05) is 6.92 Å². The van der Waals surface area contributed by atoms with E-state index in [0.717, 1.165) is 19.3 Å². The van der Waals surface area contributed by atoms with Crippen LogP contribution in [0.15, 0.2) is 22.8 Å². The quantitative estimate of drug-likeness (QED) is 0.690. The lowest BCUT2D eigenvalue weighted by Crippen LogP contribution is -2.69. The van der Waals surface area contributed by atoms with Gasteiger partial charge in [0.05, 0.1) is 23.4 Å². The van der Waals surface area contributed by atoms with Crippen molar-refractivity contribution >= 4 is 11.9 Å². The Bertz CT molecular complexity index is 897. The normalized spacial score (nSPS) is 41.4. The molecule has 4 aliphatic rings. The van der Waals surface area contributed by atoms with Crippen molar-refractivity contribution in [3.63, 3.8) is 0 Å². The Morgan fingerprint density at radius 2 is 1.97 bits per heavy atom. The monoisotopic (exact) mass is 460 g/mol. The molecule has 0 radical (unpaired) electrons. The number of hydrogen-bond donors (Lipinski definition) is 1. The Kier molecular flexibility index (Phi) is 5.61. The molecule has 1 aromatic rings. The van der Waals surface area contributed by atoms with Crippen LogP contribution in [0.5, 0.6) is 0 Å². The predicted molar refractivity (Wildman–Crippen MR) is 119 cm³/mol. The smallest absolute Gasteiger partial charge is 0.310 e. The minimum Gasteiger partial charge on any atom is -0.462 e. The molecule has 0 unspecified atom stereocenters. The standard InChI is InChI=1S/C25H36N2O6/c1-23-7-5-8-24(2,31-3)25(23,30)14-17-18(22(29)33-20(17)15-23)16-26-9-11-27(12-10-26)21(28)19-6-4-13-32-19/h4,6,13,17-18,20,30H,5,7-12,14-16H2,1-3H3/t17-,18-,20+,23+,24+,25+/m0/s1. The highest BCUT2D eigenvalue weighted by molar-refractivity contribution is 5.91. The van der Waals surface area contributed by atoms with Crippen LogP contribution in [0.25, 0.3) is 0 Å². The number of carbonyl (C=O) groups excluding carboxylic acids is 2. The van der Waals surface area contributed by atoms with Gasteiger partial charge in [0.1, 0.15) is 6.10 Å². The third-order valence-electron chi connectivity index (χ3n) is 9.30. The van der Waals surface area contributed by atoms with Crippen LogP contribution in [0.2, 0.25) is 0 Å². The van der Waals surface area contributed by atoms with Gasteiger partial charge in [0, 0.05) is 51.2 Å². The summed E-state index contributed by atoms with van der Waals surface area (Å²) in [7, 11) is 1.69. The van der Waals surface area contributed by atoms with Crippen LogP contribution in [0, 0.1) is 17.3 Å². The number of amides is 1. The summed E-state index contributed by atoms with van der Waals surface area (Å²) in [5.41, 5.74) is -1.95. The Morgan fingerprint density at radius 3 is 2.64 bits per heavy atom. The summed E-state index contributed by atoms with van der Waals surface area (Å²) in [5, 5.41) is 12.1. The van der Waals surface area contributed by atoms with Crippen LogP contribution in [0.3, 0.4) is 0 Å². The number of ether oxygens (including phenoxy) is 2. The van der Waals surface area contributed by atoms with Crippen LogP contribution in [0.4, 0.5) is 0 Å². The summed E-state index contributed by atoms with van der Waals surface area (Å²) in [5.74, 6) is -0.170. The van der Waals surface area contributed by atoms with E-state index in [1.54, 1.807) is 24.1 Å². The number of piperazine rings is 1. The van der Waals surface area contributed by atoms with E-state index in [2.05, 4.69) is 11.8 Å². The largest absolute Gasteiger partial charge is 0.462 e. The van der Waals surface area contributed by atoms with E-state index in [9.17, 15) is 14.7 Å². The summed E-state index contributed by atoms with van der Waals surface area (Å²) in [6.07, 6.45) is 5.30. The summed E-state index contributed by atoms with van der Waals surface area (Å²) in [4.78, 5) is 29.5. The third-order valence-corrected chi connectivity index (χ3v) is 9.30. The Morgan fingerprint density at radius 1 is 1.21 bits per heavy atom. The van der Waals surface area contributed by atoms with Gasteiger partial charge < -0.3 is 23.9 Å². The number of furan rings is 1. The average molecular weight is 461 g/mol. The molecule has 0 bridgehead atoms. The maximum Gasteiger partial charge on any atom is 0.310 e. The van der Waals surface area contributed by atoms with Crippen molar-refractivity contribution in [2.45, 2.75) is 63.3 Å². The lowest BCUT2D eigenvalue weighted by Gasteiger charge is -2.62. The molecule has 182 valence electrons. The Balaban J connectivity index is 1.27. The molecule has 2 saturated carbocycles. The molecular weight excluding hydrogens is 424 g/mol. The molecule has 0 aromatic carbocycles. The highest BCUT2D eigenvalue weighted by Gasteiger charge is 2.67. The molecule has 1 amide bonds. The van der Waals surface area contributed by atoms with Gasteiger partial charge in [-0.3, -0.25) is 14.5 Å². The van der Waals surface area contributed by atoms with Gasteiger partial charge in [-0.2, -0.15) is 0 Å². The minimum absolute atomic E-state index is 0.0223. The van der Waals surface area contributed by atoms with E-state index >= 15 is 0 Å². The zero-order valence-corrected chi connectivity index (χ0v) is 19.9. The number of carbonyl (C=O) groups is 2. The van der Waals surface area contributed by atoms with Gasteiger partial charge in [-0.1, -0.05) is 6.92 Å². The lowest BCUT2D eigenvalue weighted by molar-refractivity contribution is -0.270. The number of esters is 1. The molecule has 8 heteroatoms. The van der Waals surface area contributed by atoms with Gasteiger partial charge in [0.2, 0.25) is 0 Å². The van der Waals surface area contributed by atoms with Gasteiger partial charge in [-0.25, -0.2) is 0 Å². The van der Waals surface area contributed by atoms with Crippen LogP contribution < -0.4 is 0 Å². The third kappa shape index (κ3) is 3.53. The zero-order chi connectivity index (χ0) is 23.4. The number of aliphatic hydroxyl groups is 1. The fourth-order valence-electron chi connectivity index (χ4n) is 7.06. The van der Waals surface area contributed by atoms with Crippen molar-refractivity contribution in [3.8, 4) is 0 Å². The molecule has 33 heavy (non-hydrogen) atoms. The van der Waals surface area contributed by atoms with Gasteiger partial charge in [0.25, 0.3) is 5.91 Å². The molecule has 6 atom stereocenters. The summed E-state index contributed by atoms with van der Waals surface area (Å²) in [6, 6.07) is 3.40. The van der Waals surface area contributed by atoms with Gasteiger partial charge >= 0.3 is 5.97 Å². The molecule has 2 aliphatic carbocycles. The average Bonchev–Trinajstić information content (AvgIpc) is 3.42. The van der Waals surface area contributed by atoms with E-state index in [-0.39, 0.29) is 35.2 Å². The molecule has 8 nitrogen and oxygen atoms in total.